The number of aromatic nitrogens is 1. The smallest absolute Gasteiger partial charge is 0.292 e. The number of carbonyl (C=O) groups is 1. The normalized spacial score (nSPS) is 11.4. The molecule has 0 aliphatic heterocycles. The molecule has 0 aromatic carbocycles. The van der Waals surface area contributed by atoms with Crippen molar-refractivity contribution in [3.05, 3.63) is 29.7 Å². The van der Waals surface area contributed by atoms with E-state index in [-0.39, 0.29) is 11.6 Å². The lowest BCUT2D eigenvalue weighted by Crippen LogP contribution is -2.12. The molecule has 0 saturated carbocycles. The number of furan rings is 1. The van der Waals surface area contributed by atoms with Gasteiger partial charge in [0.15, 0.2) is 11.6 Å². The fraction of sp³-hybridized carbons (Fsp3) is 0.111. The third-order valence-electron chi connectivity index (χ3n) is 1.96. The number of hydrogen-bond acceptors (Lipinski definition) is 6. The van der Waals surface area contributed by atoms with E-state index < -0.39 is 21.0 Å². The Hall–Kier alpha value is -2.13. The van der Waals surface area contributed by atoms with Crippen molar-refractivity contribution in [1.29, 1.82) is 0 Å². The van der Waals surface area contributed by atoms with Crippen LogP contribution in [-0.2, 0) is 10.0 Å². The highest BCUT2D eigenvalue weighted by Gasteiger charge is 2.18. The van der Waals surface area contributed by atoms with Gasteiger partial charge >= 0.3 is 0 Å². The molecule has 0 aliphatic rings. The van der Waals surface area contributed by atoms with Gasteiger partial charge in [-0.1, -0.05) is 5.16 Å². The lowest BCUT2D eigenvalue weighted by Gasteiger charge is -1.96. The molecule has 2 heterocycles. The molecular weight excluding hydrogens is 262 g/mol. The number of amides is 1. The maximum atomic E-state index is 11.6. The number of sulfonamides is 1. The Bertz CT molecular complexity index is 685. The first kappa shape index (κ1) is 12.3. The predicted octanol–water partition coefficient (Wildman–Crippen LogP) is 0.476. The largest absolute Gasteiger partial charge is 0.438 e. The fourth-order valence-corrected chi connectivity index (χ4v) is 1.66. The van der Waals surface area contributed by atoms with E-state index in [2.05, 4.69) is 10.5 Å². The third kappa shape index (κ3) is 2.57. The van der Waals surface area contributed by atoms with E-state index in [0.717, 1.165) is 6.07 Å². The monoisotopic (exact) mass is 271 g/mol. The van der Waals surface area contributed by atoms with E-state index in [1.807, 2.05) is 0 Å². The molecule has 9 heteroatoms. The topological polar surface area (TPSA) is 128 Å². The molecule has 1 amide bonds. The van der Waals surface area contributed by atoms with E-state index in [9.17, 15) is 13.2 Å². The first-order valence-corrected chi connectivity index (χ1v) is 6.28. The molecule has 0 bridgehead atoms. The zero-order chi connectivity index (χ0) is 13.3. The van der Waals surface area contributed by atoms with E-state index in [1.165, 1.54) is 12.1 Å². The average Bonchev–Trinajstić information content (AvgIpc) is 2.85. The summed E-state index contributed by atoms with van der Waals surface area (Å²) in [6.07, 6.45) is 0. The molecule has 2 rings (SSSR count). The lowest BCUT2D eigenvalue weighted by atomic mass is 10.4. The fourth-order valence-electron chi connectivity index (χ4n) is 1.20. The second-order valence-electron chi connectivity index (χ2n) is 3.44. The molecule has 0 unspecified atom stereocenters. The van der Waals surface area contributed by atoms with Gasteiger partial charge in [0.1, 0.15) is 5.76 Å². The molecule has 3 N–H and O–H groups in total. The lowest BCUT2D eigenvalue weighted by molar-refractivity contribution is 0.0990. The maximum absolute atomic E-state index is 11.6. The van der Waals surface area contributed by atoms with Crippen molar-refractivity contribution >= 4 is 21.7 Å². The van der Waals surface area contributed by atoms with E-state index >= 15 is 0 Å². The number of primary sulfonamides is 1. The molecule has 0 radical (unpaired) electrons. The van der Waals surface area contributed by atoms with Gasteiger partial charge in [0.05, 0.1) is 0 Å². The van der Waals surface area contributed by atoms with E-state index in [1.54, 1.807) is 6.92 Å². The summed E-state index contributed by atoms with van der Waals surface area (Å²) < 4.78 is 31.5. The van der Waals surface area contributed by atoms with Crippen molar-refractivity contribution in [2.45, 2.75) is 12.0 Å². The molecular formula is C9H9N3O5S. The second kappa shape index (κ2) is 4.27. The predicted molar refractivity (Wildman–Crippen MR) is 59.3 cm³/mol. The van der Waals surface area contributed by atoms with Crippen LogP contribution in [0.4, 0.5) is 5.82 Å². The van der Waals surface area contributed by atoms with Crippen molar-refractivity contribution in [3.8, 4) is 0 Å². The zero-order valence-corrected chi connectivity index (χ0v) is 10.0. The molecule has 0 atom stereocenters. The Kier molecular flexibility index (Phi) is 2.93. The van der Waals surface area contributed by atoms with Crippen LogP contribution < -0.4 is 10.5 Å². The summed E-state index contributed by atoms with van der Waals surface area (Å²) in [5.74, 6) is -0.126. The number of aryl methyl sites for hydroxylation is 1. The SMILES string of the molecule is Cc1cc(NC(=O)c2ccc(S(N)(=O)=O)o2)no1. The molecule has 96 valence electrons. The minimum atomic E-state index is -3.97. The first-order valence-electron chi connectivity index (χ1n) is 4.73. The zero-order valence-electron chi connectivity index (χ0n) is 9.21. The van der Waals surface area contributed by atoms with Crippen LogP contribution in [0.1, 0.15) is 16.3 Å². The van der Waals surface area contributed by atoms with Gasteiger partial charge in [-0.2, -0.15) is 0 Å². The van der Waals surface area contributed by atoms with Gasteiger partial charge in [0.2, 0.25) is 5.09 Å². The summed E-state index contributed by atoms with van der Waals surface area (Å²) in [5.41, 5.74) is 0. The van der Waals surface area contributed by atoms with E-state index in [4.69, 9.17) is 14.1 Å². The van der Waals surface area contributed by atoms with Gasteiger partial charge in [-0.05, 0) is 19.1 Å². The van der Waals surface area contributed by atoms with Gasteiger partial charge in [-0.3, -0.25) is 4.79 Å². The molecule has 2 aromatic heterocycles. The third-order valence-corrected chi connectivity index (χ3v) is 2.74. The van der Waals surface area contributed by atoms with Crippen molar-refractivity contribution in [2.24, 2.45) is 5.14 Å². The highest BCUT2D eigenvalue weighted by molar-refractivity contribution is 7.89. The van der Waals surface area contributed by atoms with Gasteiger partial charge in [-0.15, -0.1) is 0 Å². The summed E-state index contributed by atoms with van der Waals surface area (Å²) in [5, 5.41) is 10.3. The number of nitrogens with two attached hydrogens (primary N) is 1. The number of nitrogens with one attached hydrogen (secondary N) is 1. The van der Waals surface area contributed by atoms with Gasteiger partial charge in [0.25, 0.3) is 15.9 Å². The van der Waals surface area contributed by atoms with Crippen LogP contribution in [0, 0.1) is 6.92 Å². The Morgan fingerprint density at radius 2 is 2.17 bits per heavy atom. The molecule has 2 aromatic rings. The molecule has 0 spiro atoms. The van der Waals surface area contributed by atoms with Gasteiger partial charge < -0.3 is 14.3 Å². The van der Waals surface area contributed by atoms with Crippen molar-refractivity contribution < 1.29 is 22.2 Å². The Labute approximate surface area is 102 Å². The number of rotatable bonds is 3. The van der Waals surface area contributed by atoms with Crippen LogP contribution in [0.2, 0.25) is 0 Å². The van der Waals surface area contributed by atoms with Gasteiger partial charge in [-0.25, -0.2) is 13.6 Å². The summed E-state index contributed by atoms with van der Waals surface area (Å²) in [6.45, 7) is 1.66. The van der Waals surface area contributed by atoms with Crippen molar-refractivity contribution in [1.82, 2.24) is 5.16 Å². The van der Waals surface area contributed by atoms with Crippen LogP contribution in [0.3, 0.4) is 0 Å². The van der Waals surface area contributed by atoms with Crippen LogP contribution >= 0.6 is 0 Å². The molecule has 0 saturated heterocycles. The molecule has 0 aliphatic carbocycles. The highest BCUT2D eigenvalue weighted by atomic mass is 32.2. The average molecular weight is 271 g/mol. The molecule has 8 nitrogen and oxygen atoms in total. The van der Waals surface area contributed by atoms with Crippen molar-refractivity contribution in [3.63, 3.8) is 0 Å². The Morgan fingerprint density at radius 3 is 2.67 bits per heavy atom. The standard InChI is InChI=1S/C9H9N3O5S/c1-5-4-7(12-17-5)11-9(13)6-2-3-8(16-6)18(10,14)15/h2-4H,1H3,(H2,10,14,15)(H,11,12,13). The van der Waals surface area contributed by atoms with Gasteiger partial charge in [0, 0.05) is 6.07 Å². The number of nitrogens with zero attached hydrogens (tertiary/aromatic N) is 1. The van der Waals surface area contributed by atoms with E-state index in [0.29, 0.717) is 5.76 Å². The molecule has 0 fully saturated rings. The Balaban J connectivity index is 2.17. The highest BCUT2D eigenvalue weighted by Crippen LogP contribution is 2.14. The minimum Gasteiger partial charge on any atom is -0.438 e. The summed E-state index contributed by atoms with van der Waals surface area (Å²) in [7, 11) is -3.97. The second-order valence-corrected chi connectivity index (χ2v) is 4.93. The number of anilines is 1. The van der Waals surface area contributed by atoms with Crippen LogP contribution in [0.25, 0.3) is 0 Å². The van der Waals surface area contributed by atoms with Crippen molar-refractivity contribution in [2.75, 3.05) is 5.32 Å². The first-order chi connectivity index (χ1) is 8.36. The van der Waals surface area contributed by atoms with Crippen LogP contribution in [-0.4, -0.2) is 19.5 Å². The molecule has 18 heavy (non-hydrogen) atoms. The van der Waals surface area contributed by atoms with Crippen LogP contribution in [0.5, 0.6) is 0 Å². The summed E-state index contributed by atoms with van der Waals surface area (Å²) in [4.78, 5) is 11.6. The number of hydrogen-bond donors (Lipinski definition) is 2. The Morgan fingerprint density at radius 1 is 1.44 bits per heavy atom. The minimum absolute atomic E-state index is 0.195. The van der Waals surface area contributed by atoms with Crippen LogP contribution in [0.15, 0.2) is 32.2 Å². The summed E-state index contributed by atoms with van der Waals surface area (Å²) >= 11 is 0. The number of carbonyl (C=O) groups excluding carboxylic acids is 1. The quantitative estimate of drug-likeness (QED) is 0.835. The summed E-state index contributed by atoms with van der Waals surface area (Å²) in [6, 6.07) is 3.79. The maximum Gasteiger partial charge on any atom is 0.292 e.